The van der Waals surface area contributed by atoms with E-state index in [1.54, 1.807) is 0 Å². The fourth-order valence-electron chi connectivity index (χ4n) is 0.775. The average Bonchev–Trinajstić information content (AvgIpc) is 2.47. The van der Waals surface area contributed by atoms with E-state index in [0.29, 0.717) is 0 Å². The second-order valence-corrected chi connectivity index (χ2v) is 5.33. The molecule has 0 N–H and O–H groups in total. The molecule has 0 fully saturated rings. The van der Waals surface area contributed by atoms with Crippen LogP contribution in [0.2, 0.25) is 0 Å². The van der Waals surface area contributed by atoms with Crippen LogP contribution in [0.25, 0.3) is 0 Å². The van der Waals surface area contributed by atoms with Gasteiger partial charge in [0.05, 0.1) is 29.7 Å². The minimum Gasteiger partial charge on any atom is -0.358 e. The molecule has 7 nitrogen and oxygen atoms in total. The summed E-state index contributed by atoms with van der Waals surface area (Å²) in [5.74, 6) is -0.634. The maximum Gasteiger partial charge on any atom is 0.389 e. The highest BCUT2D eigenvalue weighted by atomic mass is 35.7. The SMILES string of the molecule is O=[N+]([O-])c1ccn(CCS(=O)(=O)Cl)n1. The molecule has 0 unspecified atom stereocenters. The Morgan fingerprint density at radius 1 is 1.64 bits per heavy atom. The van der Waals surface area contributed by atoms with Gasteiger partial charge >= 0.3 is 5.82 Å². The van der Waals surface area contributed by atoms with E-state index in [9.17, 15) is 18.5 Å². The maximum absolute atomic E-state index is 10.5. The summed E-state index contributed by atoms with van der Waals surface area (Å²) in [6.45, 7) is -0.000324. The first-order valence-electron chi connectivity index (χ1n) is 3.49. The van der Waals surface area contributed by atoms with Gasteiger partial charge in [-0.05, 0) is 4.92 Å². The van der Waals surface area contributed by atoms with Gasteiger partial charge in [0.2, 0.25) is 9.05 Å². The highest BCUT2D eigenvalue weighted by molar-refractivity contribution is 8.13. The molecule has 1 heterocycles. The zero-order valence-corrected chi connectivity index (χ0v) is 8.40. The van der Waals surface area contributed by atoms with Gasteiger partial charge in [0.25, 0.3) is 0 Å². The Hall–Kier alpha value is -1.15. The van der Waals surface area contributed by atoms with Crippen molar-refractivity contribution in [3.05, 3.63) is 22.4 Å². The molecule has 0 bridgehead atoms. The number of hydrogen-bond acceptors (Lipinski definition) is 5. The molecule has 0 radical (unpaired) electrons. The molecule has 14 heavy (non-hydrogen) atoms. The van der Waals surface area contributed by atoms with Crippen LogP contribution in [-0.4, -0.2) is 28.9 Å². The molecule has 0 aliphatic heterocycles. The summed E-state index contributed by atoms with van der Waals surface area (Å²) in [5, 5.41) is 13.7. The van der Waals surface area contributed by atoms with Crippen molar-refractivity contribution >= 4 is 25.6 Å². The quantitative estimate of drug-likeness (QED) is 0.429. The largest absolute Gasteiger partial charge is 0.389 e. The van der Waals surface area contributed by atoms with Gasteiger partial charge in [-0.25, -0.2) is 8.42 Å². The van der Waals surface area contributed by atoms with Gasteiger partial charge < -0.3 is 10.1 Å². The second-order valence-electron chi connectivity index (χ2n) is 2.44. The molecule has 0 atom stereocenters. The van der Waals surface area contributed by atoms with Crippen LogP contribution in [0.5, 0.6) is 0 Å². The van der Waals surface area contributed by atoms with E-state index in [0.717, 1.165) is 4.68 Å². The predicted molar refractivity (Wildman–Crippen MR) is 48.5 cm³/mol. The maximum atomic E-state index is 10.5. The smallest absolute Gasteiger partial charge is 0.358 e. The molecule has 0 spiro atoms. The lowest BCUT2D eigenvalue weighted by molar-refractivity contribution is -0.389. The molecule has 1 rings (SSSR count). The van der Waals surface area contributed by atoms with E-state index in [4.69, 9.17) is 10.7 Å². The van der Waals surface area contributed by atoms with E-state index in [-0.39, 0.29) is 18.1 Å². The Morgan fingerprint density at radius 2 is 2.29 bits per heavy atom. The first-order valence-corrected chi connectivity index (χ1v) is 5.96. The molecule has 9 heteroatoms. The number of rotatable bonds is 4. The number of halogens is 1. The molecular formula is C5H6ClN3O4S. The van der Waals surface area contributed by atoms with Crippen molar-refractivity contribution < 1.29 is 13.3 Å². The van der Waals surface area contributed by atoms with E-state index >= 15 is 0 Å². The molecule has 1 aromatic heterocycles. The average molecular weight is 240 g/mol. The van der Waals surface area contributed by atoms with Crippen molar-refractivity contribution in [1.82, 2.24) is 9.78 Å². The Morgan fingerprint density at radius 3 is 2.71 bits per heavy atom. The van der Waals surface area contributed by atoms with Crippen LogP contribution in [0, 0.1) is 10.1 Å². The van der Waals surface area contributed by atoms with E-state index in [1.165, 1.54) is 12.3 Å². The lowest BCUT2D eigenvalue weighted by atomic mass is 10.6. The fourth-order valence-corrected chi connectivity index (χ4v) is 1.39. The standard InChI is InChI=1S/C5H6ClN3O4S/c6-14(12,13)4-3-8-2-1-5(7-8)9(10)11/h1-2H,3-4H2. The van der Waals surface area contributed by atoms with Crippen LogP contribution >= 0.6 is 10.7 Å². The molecule has 0 amide bonds. The Bertz CT molecular complexity index is 440. The van der Waals surface area contributed by atoms with Crippen molar-refractivity contribution in [2.24, 2.45) is 0 Å². The van der Waals surface area contributed by atoms with E-state index in [2.05, 4.69) is 5.10 Å². The number of nitro groups is 1. The summed E-state index contributed by atoms with van der Waals surface area (Å²) in [4.78, 5) is 9.54. The van der Waals surface area contributed by atoms with Gasteiger partial charge in [0, 0.05) is 10.7 Å². The Kier molecular flexibility index (Phi) is 3.06. The van der Waals surface area contributed by atoms with Gasteiger partial charge in [-0.2, -0.15) is 4.68 Å². The molecule has 0 aliphatic rings. The minimum atomic E-state index is -3.59. The Labute approximate surface area is 83.9 Å². The molecule has 0 aromatic carbocycles. The molecule has 0 aliphatic carbocycles. The summed E-state index contributed by atoms with van der Waals surface area (Å²) < 4.78 is 22.2. The van der Waals surface area contributed by atoms with Crippen molar-refractivity contribution in [2.45, 2.75) is 6.54 Å². The van der Waals surface area contributed by atoms with Crippen LogP contribution in [0.3, 0.4) is 0 Å². The summed E-state index contributed by atoms with van der Waals surface area (Å²) in [5.41, 5.74) is 0. The number of aryl methyl sites for hydroxylation is 1. The van der Waals surface area contributed by atoms with Crippen LogP contribution in [-0.2, 0) is 15.6 Å². The monoisotopic (exact) mass is 239 g/mol. The van der Waals surface area contributed by atoms with Crippen molar-refractivity contribution in [2.75, 3.05) is 5.75 Å². The summed E-state index contributed by atoms with van der Waals surface area (Å²) in [7, 11) is 1.36. The number of aromatic nitrogens is 2. The zero-order chi connectivity index (χ0) is 10.8. The highest BCUT2D eigenvalue weighted by Gasteiger charge is 2.12. The Balaban J connectivity index is 2.65. The minimum absolute atomic E-state index is 0.000324. The van der Waals surface area contributed by atoms with Crippen LogP contribution in [0.4, 0.5) is 5.82 Å². The van der Waals surface area contributed by atoms with E-state index < -0.39 is 14.0 Å². The van der Waals surface area contributed by atoms with Gasteiger partial charge in [-0.1, -0.05) is 0 Å². The van der Waals surface area contributed by atoms with Crippen LogP contribution in [0.1, 0.15) is 0 Å². The van der Waals surface area contributed by atoms with Crippen molar-refractivity contribution in [3.8, 4) is 0 Å². The van der Waals surface area contributed by atoms with Crippen molar-refractivity contribution in [1.29, 1.82) is 0 Å². The van der Waals surface area contributed by atoms with Gasteiger partial charge in [0.15, 0.2) is 0 Å². The third-order valence-electron chi connectivity index (χ3n) is 1.38. The fraction of sp³-hybridized carbons (Fsp3) is 0.400. The first-order chi connectivity index (χ1) is 6.38. The predicted octanol–water partition coefficient (Wildman–Crippen LogP) is 0.360. The first kappa shape index (κ1) is 10.9. The molecule has 78 valence electrons. The van der Waals surface area contributed by atoms with E-state index in [1.807, 2.05) is 0 Å². The topological polar surface area (TPSA) is 95.1 Å². The lowest BCUT2D eigenvalue weighted by Gasteiger charge is -1.92. The molecule has 0 saturated carbocycles. The molecular weight excluding hydrogens is 234 g/mol. The second kappa shape index (κ2) is 3.93. The zero-order valence-electron chi connectivity index (χ0n) is 6.83. The third kappa shape index (κ3) is 3.30. The van der Waals surface area contributed by atoms with Crippen molar-refractivity contribution in [3.63, 3.8) is 0 Å². The summed E-state index contributed by atoms with van der Waals surface area (Å²) in [6, 6.07) is 1.18. The van der Waals surface area contributed by atoms with Gasteiger partial charge in [-0.3, -0.25) is 0 Å². The molecule has 0 saturated heterocycles. The number of nitrogens with zero attached hydrogens (tertiary/aromatic N) is 3. The normalized spacial score (nSPS) is 11.5. The van der Waals surface area contributed by atoms with Gasteiger partial charge in [-0.15, -0.1) is 0 Å². The highest BCUT2D eigenvalue weighted by Crippen LogP contribution is 2.06. The van der Waals surface area contributed by atoms with Gasteiger partial charge in [0.1, 0.15) is 0 Å². The third-order valence-corrected chi connectivity index (χ3v) is 2.51. The lowest BCUT2D eigenvalue weighted by Crippen LogP contribution is -2.08. The van der Waals surface area contributed by atoms with Crippen LogP contribution in [0.15, 0.2) is 12.3 Å². The van der Waals surface area contributed by atoms with Crippen LogP contribution < -0.4 is 0 Å². The summed E-state index contributed by atoms with van der Waals surface area (Å²) in [6.07, 6.45) is 1.32. The molecule has 1 aromatic rings. The number of hydrogen-bond donors (Lipinski definition) is 0. The summed E-state index contributed by atoms with van der Waals surface area (Å²) >= 11 is 0.